The number of carbonyl (C=O) groups excluding carboxylic acids is 1. The zero-order valence-electron chi connectivity index (χ0n) is 16.7. The monoisotopic (exact) mass is 468 g/mol. The maximum absolute atomic E-state index is 13.0. The maximum atomic E-state index is 13.0. The van der Waals surface area contributed by atoms with Gasteiger partial charge in [-0.2, -0.15) is 0 Å². The van der Waals surface area contributed by atoms with Gasteiger partial charge < -0.3 is 9.30 Å². The number of pyridine rings is 1. The molecule has 0 spiro atoms. The third-order valence-electron chi connectivity index (χ3n) is 5.96. The Morgan fingerprint density at radius 3 is 2.63 bits per heavy atom. The summed E-state index contributed by atoms with van der Waals surface area (Å²) in [6, 6.07) is 14.3. The molecule has 0 radical (unpaired) electrons. The quantitative estimate of drug-likeness (QED) is 0.615. The molecule has 1 aromatic carbocycles. The predicted molar refractivity (Wildman–Crippen MR) is 119 cm³/mol. The van der Waals surface area contributed by atoms with Gasteiger partial charge in [-0.25, -0.2) is 15.8 Å². The molecule has 2 atom stereocenters. The fourth-order valence-corrected chi connectivity index (χ4v) is 4.54. The lowest BCUT2D eigenvalue weighted by molar-refractivity contribution is -0.135. The van der Waals surface area contributed by atoms with E-state index in [2.05, 4.69) is 59.4 Å². The third kappa shape index (κ3) is 4.13. The molecule has 2 aliphatic rings. The number of aromatic nitrogens is 2. The molecule has 2 aliphatic heterocycles. The Balaban J connectivity index is 1.13. The molecule has 5 rings (SSSR count). The van der Waals surface area contributed by atoms with E-state index >= 15 is 0 Å². The molecular formula is C22H25BrN6O. The minimum atomic E-state index is -0.177. The van der Waals surface area contributed by atoms with Gasteiger partial charge in [0.15, 0.2) is 0 Å². The van der Waals surface area contributed by atoms with Crippen molar-refractivity contribution in [3.05, 3.63) is 70.6 Å². The highest BCUT2D eigenvalue weighted by Gasteiger charge is 2.34. The SMILES string of the molecule is O=C(C1CC(c2ccc(Br)cc2)NN1)N1CCN(Cc2cn3ccccc3n2)CC1. The molecule has 8 heteroatoms. The molecule has 4 heterocycles. The topological polar surface area (TPSA) is 64.9 Å². The Bertz CT molecular complexity index is 995. The van der Waals surface area contributed by atoms with Crippen molar-refractivity contribution in [2.24, 2.45) is 0 Å². The van der Waals surface area contributed by atoms with Crippen molar-refractivity contribution in [1.29, 1.82) is 0 Å². The van der Waals surface area contributed by atoms with Crippen molar-refractivity contribution in [2.45, 2.75) is 25.0 Å². The van der Waals surface area contributed by atoms with E-state index in [-0.39, 0.29) is 18.0 Å². The fraction of sp³-hybridized carbons (Fsp3) is 0.364. The van der Waals surface area contributed by atoms with Crippen LogP contribution in [0.1, 0.15) is 23.7 Å². The zero-order chi connectivity index (χ0) is 20.5. The zero-order valence-corrected chi connectivity index (χ0v) is 18.3. The second-order valence-electron chi connectivity index (χ2n) is 7.98. The molecule has 0 bridgehead atoms. The van der Waals surface area contributed by atoms with Crippen LogP contribution in [0.5, 0.6) is 0 Å². The highest BCUT2D eigenvalue weighted by molar-refractivity contribution is 9.10. The van der Waals surface area contributed by atoms with Crippen LogP contribution >= 0.6 is 15.9 Å². The molecule has 2 fully saturated rings. The van der Waals surface area contributed by atoms with Gasteiger partial charge in [-0.1, -0.05) is 34.1 Å². The summed E-state index contributed by atoms with van der Waals surface area (Å²) in [5, 5.41) is 0. The summed E-state index contributed by atoms with van der Waals surface area (Å²) in [5.74, 6) is 0.189. The maximum Gasteiger partial charge on any atom is 0.241 e. The summed E-state index contributed by atoms with van der Waals surface area (Å²) >= 11 is 3.47. The number of piperazine rings is 1. The number of halogens is 1. The van der Waals surface area contributed by atoms with Gasteiger partial charge in [-0.15, -0.1) is 0 Å². The Morgan fingerprint density at radius 1 is 1.07 bits per heavy atom. The molecule has 0 saturated carbocycles. The van der Waals surface area contributed by atoms with Crippen molar-refractivity contribution in [3.63, 3.8) is 0 Å². The molecule has 2 saturated heterocycles. The molecule has 2 aromatic heterocycles. The van der Waals surface area contributed by atoms with Crippen LogP contribution in [0.3, 0.4) is 0 Å². The Hall–Kier alpha value is -2.26. The first-order valence-corrected chi connectivity index (χ1v) is 11.2. The Labute approximate surface area is 184 Å². The normalized spacial score (nSPS) is 22.6. The van der Waals surface area contributed by atoms with Crippen LogP contribution in [-0.2, 0) is 11.3 Å². The molecule has 156 valence electrons. The Kier molecular flexibility index (Phi) is 5.56. The lowest BCUT2D eigenvalue weighted by atomic mass is 10.0. The second-order valence-corrected chi connectivity index (χ2v) is 8.90. The van der Waals surface area contributed by atoms with Gasteiger partial charge in [0.05, 0.1) is 5.69 Å². The van der Waals surface area contributed by atoms with Crippen LogP contribution < -0.4 is 10.9 Å². The lowest BCUT2D eigenvalue weighted by Gasteiger charge is -2.35. The van der Waals surface area contributed by atoms with Crippen LogP contribution in [0, 0.1) is 0 Å². The number of nitrogens with one attached hydrogen (secondary N) is 2. The highest BCUT2D eigenvalue weighted by Crippen LogP contribution is 2.25. The number of amides is 1. The number of hydrogen-bond acceptors (Lipinski definition) is 5. The van der Waals surface area contributed by atoms with Gasteiger partial charge in [0.2, 0.25) is 5.91 Å². The van der Waals surface area contributed by atoms with E-state index in [0.29, 0.717) is 0 Å². The van der Waals surface area contributed by atoms with Crippen molar-refractivity contribution in [3.8, 4) is 0 Å². The summed E-state index contributed by atoms with van der Waals surface area (Å²) in [7, 11) is 0. The second kappa shape index (κ2) is 8.47. The minimum absolute atomic E-state index is 0.156. The number of fused-ring (bicyclic) bond motifs is 1. The number of hydrogen-bond donors (Lipinski definition) is 2. The average Bonchev–Trinajstić information content (AvgIpc) is 3.41. The van der Waals surface area contributed by atoms with E-state index in [1.54, 1.807) is 0 Å². The molecule has 1 amide bonds. The van der Waals surface area contributed by atoms with Crippen molar-refractivity contribution in [1.82, 2.24) is 30.0 Å². The lowest BCUT2D eigenvalue weighted by Crippen LogP contribution is -2.53. The molecule has 30 heavy (non-hydrogen) atoms. The number of benzene rings is 1. The smallest absolute Gasteiger partial charge is 0.241 e. The first kappa shape index (κ1) is 19.7. The number of carbonyl (C=O) groups is 1. The summed E-state index contributed by atoms with van der Waals surface area (Å²) in [6.45, 7) is 4.07. The van der Waals surface area contributed by atoms with Crippen molar-refractivity contribution >= 4 is 27.5 Å². The van der Waals surface area contributed by atoms with E-state index in [9.17, 15) is 4.79 Å². The van der Waals surface area contributed by atoms with Crippen LogP contribution in [0.2, 0.25) is 0 Å². The van der Waals surface area contributed by atoms with E-state index in [1.807, 2.05) is 41.4 Å². The summed E-state index contributed by atoms with van der Waals surface area (Å²) < 4.78 is 3.11. The third-order valence-corrected chi connectivity index (χ3v) is 6.49. The van der Waals surface area contributed by atoms with E-state index in [0.717, 1.165) is 55.0 Å². The van der Waals surface area contributed by atoms with E-state index in [4.69, 9.17) is 0 Å². The van der Waals surface area contributed by atoms with Crippen LogP contribution in [-0.4, -0.2) is 57.3 Å². The number of hydrazine groups is 1. The van der Waals surface area contributed by atoms with Gasteiger partial charge in [0.1, 0.15) is 11.7 Å². The first-order chi connectivity index (χ1) is 14.7. The number of imidazole rings is 1. The average molecular weight is 469 g/mol. The summed E-state index contributed by atoms with van der Waals surface area (Å²) in [4.78, 5) is 22.0. The van der Waals surface area contributed by atoms with E-state index < -0.39 is 0 Å². The first-order valence-electron chi connectivity index (χ1n) is 10.4. The van der Waals surface area contributed by atoms with Crippen LogP contribution in [0.4, 0.5) is 0 Å². The van der Waals surface area contributed by atoms with Gasteiger partial charge >= 0.3 is 0 Å². The number of nitrogens with zero attached hydrogens (tertiary/aromatic N) is 4. The van der Waals surface area contributed by atoms with Gasteiger partial charge in [-0.3, -0.25) is 9.69 Å². The summed E-state index contributed by atoms with van der Waals surface area (Å²) in [6.07, 6.45) is 4.87. The van der Waals surface area contributed by atoms with Gasteiger partial charge in [-0.05, 0) is 36.2 Å². The largest absolute Gasteiger partial charge is 0.339 e. The molecule has 7 nitrogen and oxygen atoms in total. The fourth-order valence-electron chi connectivity index (χ4n) is 4.27. The standard InChI is InChI=1S/C22H25BrN6O/c23-17-6-4-16(5-7-17)19-13-20(26-25-19)22(30)28-11-9-27(10-12-28)14-18-15-29-8-2-1-3-21(29)24-18/h1-8,15,19-20,25-26H,9-14H2. The summed E-state index contributed by atoms with van der Waals surface area (Å²) in [5.41, 5.74) is 9.72. The molecule has 3 aromatic rings. The predicted octanol–water partition coefficient (Wildman–Crippen LogP) is 2.35. The van der Waals surface area contributed by atoms with Gasteiger partial charge in [0, 0.05) is 55.6 Å². The van der Waals surface area contributed by atoms with Crippen LogP contribution in [0.25, 0.3) is 5.65 Å². The van der Waals surface area contributed by atoms with Crippen molar-refractivity contribution in [2.75, 3.05) is 26.2 Å². The van der Waals surface area contributed by atoms with E-state index in [1.165, 1.54) is 5.56 Å². The molecule has 2 unspecified atom stereocenters. The minimum Gasteiger partial charge on any atom is -0.339 e. The van der Waals surface area contributed by atoms with Crippen molar-refractivity contribution < 1.29 is 4.79 Å². The molecule has 2 N–H and O–H groups in total. The van der Waals surface area contributed by atoms with Gasteiger partial charge in [0.25, 0.3) is 0 Å². The highest BCUT2D eigenvalue weighted by atomic mass is 79.9. The molecule has 0 aliphatic carbocycles. The molecular weight excluding hydrogens is 444 g/mol. The van der Waals surface area contributed by atoms with Crippen LogP contribution in [0.15, 0.2) is 59.3 Å². The number of rotatable bonds is 4. The Morgan fingerprint density at radius 2 is 1.87 bits per heavy atom.